The average molecular weight is 437 g/mol. The quantitative estimate of drug-likeness (QED) is 0.388. The van der Waals surface area contributed by atoms with E-state index in [1.54, 1.807) is 0 Å². The number of hydrogen-bond donors (Lipinski definition) is 4. The first-order valence-electron chi connectivity index (χ1n) is 11.8. The summed E-state index contributed by atoms with van der Waals surface area (Å²) in [4.78, 5) is 48.7. The second-order valence-corrected chi connectivity index (χ2v) is 10.00. The van der Waals surface area contributed by atoms with Crippen LogP contribution >= 0.6 is 0 Å². The highest BCUT2D eigenvalue weighted by molar-refractivity contribution is 5.88. The van der Waals surface area contributed by atoms with Crippen LogP contribution in [0, 0.1) is 23.7 Å². The molecular weight excluding hydrogens is 396 g/mol. The Bertz CT molecular complexity index is 595. The van der Waals surface area contributed by atoms with Gasteiger partial charge in [0.15, 0.2) is 0 Å². The van der Waals surface area contributed by atoms with E-state index in [2.05, 4.69) is 49.0 Å². The van der Waals surface area contributed by atoms with Crippen molar-refractivity contribution in [3.8, 4) is 0 Å². The number of rotatable bonds is 10. The van der Waals surface area contributed by atoms with Crippen LogP contribution in [0.4, 0.5) is 0 Å². The zero-order valence-corrected chi connectivity index (χ0v) is 19.5. The van der Waals surface area contributed by atoms with Crippen molar-refractivity contribution in [3.05, 3.63) is 0 Å². The fourth-order valence-electron chi connectivity index (χ4n) is 4.64. The number of hydrogen-bond acceptors (Lipinski definition) is 4. The lowest BCUT2D eigenvalue weighted by Gasteiger charge is -2.30. The summed E-state index contributed by atoms with van der Waals surface area (Å²) in [7, 11) is 0. The standard InChI is InChI=1S/C23H40N4O4/c1-14(2)8-18-10-16(12-20(28)26-18)22(30)24-6-5-7-25-23(31)17-11-19(9-15(3)4)27-21(29)13-17/h14-19H,5-13H2,1-4H3,(H,24,30)(H,25,31)(H,26,28)(H,27,29). The lowest BCUT2D eigenvalue weighted by atomic mass is 9.87. The van der Waals surface area contributed by atoms with E-state index in [0.717, 1.165) is 12.8 Å². The maximum atomic E-state index is 12.5. The molecule has 2 aliphatic heterocycles. The molecule has 8 nitrogen and oxygen atoms in total. The maximum absolute atomic E-state index is 12.5. The summed E-state index contributed by atoms with van der Waals surface area (Å²) in [5.74, 6) is 0.0636. The molecule has 8 heteroatoms. The summed E-state index contributed by atoms with van der Waals surface area (Å²) in [5.41, 5.74) is 0. The fraction of sp³-hybridized carbons (Fsp3) is 0.826. The molecule has 0 aromatic rings. The van der Waals surface area contributed by atoms with Crippen LogP contribution in [0.3, 0.4) is 0 Å². The zero-order chi connectivity index (χ0) is 23.0. The summed E-state index contributed by atoms with van der Waals surface area (Å²) in [5, 5.41) is 11.8. The molecule has 4 atom stereocenters. The van der Waals surface area contributed by atoms with Crippen molar-refractivity contribution >= 4 is 23.6 Å². The molecule has 0 spiro atoms. The van der Waals surface area contributed by atoms with Crippen LogP contribution in [0.15, 0.2) is 0 Å². The molecule has 31 heavy (non-hydrogen) atoms. The van der Waals surface area contributed by atoms with E-state index in [9.17, 15) is 19.2 Å². The summed E-state index contributed by atoms with van der Waals surface area (Å²) in [6.07, 6.45) is 4.18. The molecule has 0 aromatic carbocycles. The summed E-state index contributed by atoms with van der Waals surface area (Å²) in [6, 6.07) is 0.118. The third kappa shape index (κ3) is 8.87. The van der Waals surface area contributed by atoms with Crippen molar-refractivity contribution in [2.75, 3.05) is 13.1 Å². The number of carbonyl (C=O) groups excluding carboxylic acids is 4. The van der Waals surface area contributed by atoms with E-state index >= 15 is 0 Å². The van der Waals surface area contributed by atoms with Crippen LogP contribution in [0.5, 0.6) is 0 Å². The molecule has 0 bridgehead atoms. The van der Waals surface area contributed by atoms with Gasteiger partial charge >= 0.3 is 0 Å². The maximum Gasteiger partial charge on any atom is 0.223 e. The molecule has 2 fully saturated rings. The molecule has 0 aliphatic carbocycles. The molecular formula is C23H40N4O4. The molecule has 4 N–H and O–H groups in total. The lowest BCUT2D eigenvalue weighted by Crippen LogP contribution is -2.48. The van der Waals surface area contributed by atoms with Gasteiger partial charge in [-0.2, -0.15) is 0 Å². The van der Waals surface area contributed by atoms with E-state index < -0.39 is 0 Å². The van der Waals surface area contributed by atoms with Gasteiger partial charge in [0, 0.05) is 49.9 Å². The van der Waals surface area contributed by atoms with Gasteiger partial charge in [0.2, 0.25) is 23.6 Å². The third-order valence-corrected chi connectivity index (χ3v) is 5.94. The average Bonchev–Trinajstić information content (AvgIpc) is 2.65. The fourth-order valence-corrected chi connectivity index (χ4v) is 4.64. The number of piperidine rings is 2. The molecule has 2 heterocycles. The first-order chi connectivity index (χ1) is 14.6. The van der Waals surface area contributed by atoms with Gasteiger partial charge in [0.1, 0.15) is 0 Å². The zero-order valence-electron chi connectivity index (χ0n) is 19.5. The van der Waals surface area contributed by atoms with Gasteiger partial charge in [0.25, 0.3) is 0 Å². The van der Waals surface area contributed by atoms with Crippen LogP contribution in [0.25, 0.3) is 0 Å². The Labute approximate surface area is 186 Å². The molecule has 0 aromatic heterocycles. The van der Waals surface area contributed by atoms with Gasteiger partial charge in [-0.05, 0) is 43.9 Å². The van der Waals surface area contributed by atoms with Crippen LogP contribution in [0.1, 0.15) is 72.6 Å². The smallest absolute Gasteiger partial charge is 0.223 e. The molecule has 4 unspecified atom stereocenters. The summed E-state index contributed by atoms with van der Waals surface area (Å²) in [6.45, 7) is 9.33. The van der Waals surface area contributed by atoms with Gasteiger partial charge in [-0.25, -0.2) is 0 Å². The van der Waals surface area contributed by atoms with Crippen LogP contribution in [-0.2, 0) is 19.2 Å². The predicted octanol–water partition coefficient (Wildman–Crippen LogP) is 1.49. The number of carbonyl (C=O) groups is 4. The van der Waals surface area contributed by atoms with E-state index in [0.29, 0.717) is 44.2 Å². The minimum absolute atomic E-state index is 0.0587. The minimum atomic E-state index is -0.286. The Balaban J connectivity index is 1.66. The Morgan fingerprint density at radius 1 is 0.806 bits per heavy atom. The first-order valence-corrected chi connectivity index (χ1v) is 11.8. The van der Waals surface area contributed by atoms with E-state index in [-0.39, 0.29) is 60.4 Å². The Morgan fingerprint density at radius 2 is 1.19 bits per heavy atom. The predicted molar refractivity (Wildman–Crippen MR) is 119 cm³/mol. The van der Waals surface area contributed by atoms with Crippen molar-refractivity contribution in [2.24, 2.45) is 23.7 Å². The highest BCUT2D eigenvalue weighted by Gasteiger charge is 2.32. The topological polar surface area (TPSA) is 116 Å². The molecule has 0 radical (unpaired) electrons. The highest BCUT2D eigenvalue weighted by Crippen LogP contribution is 2.22. The second-order valence-electron chi connectivity index (χ2n) is 10.00. The van der Waals surface area contributed by atoms with Crippen molar-refractivity contribution < 1.29 is 19.2 Å². The van der Waals surface area contributed by atoms with E-state index in [1.165, 1.54) is 0 Å². The molecule has 176 valence electrons. The van der Waals surface area contributed by atoms with E-state index in [1.807, 2.05) is 0 Å². The number of nitrogens with one attached hydrogen (secondary N) is 4. The Morgan fingerprint density at radius 3 is 1.55 bits per heavy atom. The monoisotopic (exact) mass is 436 g/mol. The molecule has 0 saturated carbocycles. The SMILES string of the molecule is CC(C)CC1CC(C(=O)NCCCNC(=O)C2CC(=O)NC(CC(C)C)C2)CC(=O)N1. The molecule has 2 saturated heterocycles. The van der Waals surface area contributed by atoms with Crippen molar-refractivity contribution in [1.82, 2.24) is 21.3 Å². The van der Waals surface area contributed by atoms with Crippen LogP contribution < -0.4 is 21.3 Å². The summed E-state index contributed by atoms with van der Waals surface area (Å²) < 4.78 is 0. The lowest BCUT2D eigenvalue weighted by molar-refractivity contribution is -0.134. The molecule has 2 rings (SSSR count). The summed E-state index contributed by atoms with van der Waals surface area (Å²) >= 11 is 0. The van der Waals surface area contributed by atoms with Crippen LogP contribution in [0.2, 0.25) is 0 Å². The van der Waals surface area contributed by atoms with Gasteiger partial charge in [-0.15, -0.1) is 0 Å². The Kier molecular flexibility index (Phi) is 9.78. The second kappa shape index (κ2) is 12.1. The first kappa shape index (κ1) is 25.1. The van der Waals surface area contributed by atoms with Gasteiger partial charge in [0.05, 0.1) is 0 Å². The van der Waals surface area contributed by atoms with Crippen molar-refractivity contribution in [3.63, 3.8) is 0 Å². The van der Waals surface area contributed by atoms with Gasteiger partial charge < -0.3 is 21.3 Å². The van der Waals surface area contributed by atoms with E-state index in [4.69, 9.17) is 0 Å². The van der Waals surface area contributed by atoms with Crippen molar-refractivity contribution in [1.29, 1.82) is 0 Å². The minimum Gasteiger partial charge on any atom is -0.356 e. The molecule has 2 aliphatic rings. The number of amides is 4. The Hall–Kier alpha value is -2.12. The van der Waals surface area contributed by atoms with Crippen molar-refractivity contribution in [2.45, 2.75) is 84.7 Å². The highest BCUT2D eigenvalue weighted by atomic mass is 16.2. The van der Waals surface area contributed by atoms with Gasteiger partial charge in [-0.1, -0.05) is 27.7 Å². The third-order valence-electron chi connectivity index (χ3n) is 5.94. The normalized spacial score (nSPS) is 26.4. The van der Waals surface area contributed by atoms with Gasteiger partial charge in [-0.3, -0.25) is 19.2 Å². The van der Waals surface area contributed by atoms with Crippen LogP contribution in [-0.4, -0.2) is 48.8 Å². The molecule has 4 amide bonds. The largest absolute Gasteiger partial charge is 0.356 e.